The van der Waals surface area contributed by atoms with Gasteiger partial charge in [-0.1, -0.05) is 0 Å². The van der Waals surface area contributed by atoms with Crippen LogP contribution in [-0.4, -0.2) is 0 Å². The molecule has 0 heterocycles. The minimum Gasteiger partial charge on any atom is -1.00 e. The molecule has 0 unspecified atom stereocenters. The van der Waals surface area contributed by atoms with E-state index < -0.39 is 7.82 Å². The zero-order valence-corrected chi connectivity index (χ0v) is 2.97. The third kappa shape index (κ3) is 1510. The summed E-state index contributed by atoms with van der Waals surface area (Å²) in [5.41, 5.74) is 0. The maximum Gasteiger partial charge on any atom is -0.159 e. The Kier molecular flexibility index (Phi) is 1.09. The smallest absolute Gasteiger partial charge is 0.159 e. The topological polar surface area (TPSA) is 86.2 Å². The molecule has 0 spiro atoms. The fourth-order valence-corrected chi connectivity index (χ4v) is 0. The van der Waals surface area contributed by atoms with Crippen molar-refractivity contribution in [2.45, 2.75) is 0 Å². The van der Waals surface area contributed by atoms with E-state index in [1.807, 2.05) is 0 Å². The van der Waals surface area contributed by atoms with Gasteiger partial charge in [0.25, 0.3) is 0 Å². The highest BCUT2D eigenvalue weighted by atomic mass is 31.2. The van der Waals surface area contributed by atoms with Crippen molar-refractivity contribution in [1.29, 1.82) is 0 Å². The second kappa shape index (κ2) is 1.06. The maximum absolute atomic E-state index is 8.55. The standard InChI is InChI=1S/H3O4P.2H/c1-5(2,3)4;;/h(H3,1,2,3,4);;/q;2*-1/p-3. The fraction of sp³-hybridized carbons (Fsp3) is 0. The van der Waals surface area contributed by atoms with E-state index in [0.29, 0.717) is 0 Å². The highest BCUT2D eigenvalue weighted by Gasteiger charge is 1.44. The van der Waals surface area contributed by atoms with E-state index in [1.165, 1.54) is 0 Å². The van der Waals surface area contributed by atoms with Gasteiger partial charge in [-0.3, -0.25) is 0 Å². The summed E-state index contributed by atoms with van der Waals surface area (Å²) in [7, 11) is -5.39. The van der Waals surface area contributed by atoms with E-state index in [2.05, 4.69) is 0 Å². The molecule has 0 saturated carbocycles. The first-order chi connectivity index (χ1) is 2.00. The quantitative estimate of drug-likeness (QED) is 0.310. The van der Waals surface area contributed by atoms with E-state index >= 15 is 0 Å². The Bertz CT molecular complexity index is 55.8. The summed E-state index contributed by atoms with van der Waals surface area (Å²) in [6.07, 6.45) is 0. The molecule has 0 aromatic carbocycles. The lowest BCUT2D eigenvalue weighted by atomic mass is 15.8. The van der Waals surface area contributed by atoms with Gasteiger partial charge in [0.1, 0.15) is 0 Å². The molecule has 5 heteroatoms. The largest absolute Gasteiger partial charge is 1.00 e. The molecule has 0 N–H and O–H groups in total. The van der Waals surface area contributed by atoms with Crippen LogP contribution in [0.25, 0.3) is 0 Å². The van der Waals surface area contributed by atoms with Crippen LogP contribution in [-0.2, 0) is 4.57 Å². The zero-order chi connectivity index (χ0) is 4.50. The Hall–Kier alpha value is 0.110. The first-order valence-electron chi connectivity index (χ1n) is 0.730. The van der Waals surface area contributed by atoms with Crippen LogP contribution in [0.5, 0.6) is 0 Å². The fourth-order valence-electron chi connectivity index (χ4n) is 0. The average molecular weight is 97.0 g/mol. The molecule has 0 radical (unpaired) electrons. The van der Waals surface area contributed by atoms with Gasteiger partial charge in [0.2, 0.25) is 0 Å². The van der Waals surface area contributed by atoms with Gasteiger partial charge < -0.3 is 22.1 Å². The highest BCUT2D eigenvalue weighted by Crippen LogP contribution is 2.03. The van der Waals surface area contributed by atoms with Crippen LogP contribution in [0.15, 0.2) is 0 Å². The van der Waals surface area contributed by atoms with E-state index in [0.717, 1.165) is 0 Å². The highest BCUT2D eigenvalue weighted by molar-refractivity contribution is 7.40. The number of rotatable bonds is 0. The molecule has 0 aromatic rings. The van der Waals surface area contributed by atoms with Crippen molar-refractivity contribution in [2.75, 3.05) is 0 Å². The van der Waals surface area contributed by atoms with E-state index in [1.54, 1.807) is 0 Å². The summed E-state index contributed by atoms with van der Waals surface area (Å²) in [6, 6.07) is 0. The zero-order valence-electron chi connectivity index (χ0n) is 4.08. The van der Waals surface area contributed by atoms with E-state index in [4.69, 9.17) is 19.2 Å². The Morgan fingerprint density at radius 3 is 1.40 bits per heavy atom. The molecule has 0 atom stereocenters. The monoisotopic (exact) mass is 97.0 g/mol. The maximum atomic E-state index is 8.55. The van der Waals surface area contributed by atoms with E-state index in [9.17, 15) is 0 Å². The molecule has 0 aliphatic carbocycles. The van der Waals surface area contributed by atoms with Crippen molar-refractivity contribution in [3.63, 3.8) is 0 Å². The molecule has 5 heavy (non-hydrogen) atoms. The van der Waals surface area contributed by atoms with Crippen molar-refractivity contribution in [3.05, 3.63) is 0 Å². The Morgan fingerprint density at radius 1 is 1.40 bits per heavy atom. The first kappa shape index (κ1) is 5.11. The molecule has 0 rings (SSSR count). The predicted molar refractivity (Wildman–Crippen MR) is 9.83 cm³/mol. The Morgan fingerprint density at radius 2 is 1.40 bits per heavy atom. The molecular formula is H2O4P-5. The minimum absolute atomic E-state index is 0. The summed E-state index contributed by atoms with van der Waals surface area (Å²) >= 11 is 0. The van der Waals surface area contributed by atoms with Crippen molar-refractivity contribution in [1.82, 2.24) is 0 Å². The van der Waals surface area contributed by atoms with Gasteiger partial charge in [-0.25, -0.2) is 0 Å². The van der Waals surface area contributed by atoms with Gasteiger partial charge in [0.15, 0.2) is 0 Å². The van der Waals surface area contributed by atoms with Crippen molar-refractivity contribution in [3.8, 4) is 0 Å². The lowest BCUT2D eigenvalue weighted by Crippen LogP contribution is -2.24. The molecule has 0 bridgehead atoms. The van der Waals surface area contributed by atoms with Gasteiger partial charge in [-0.15, -0.1) is 0 Å². The second-order valence-electron chi connectivity index (χ2n) is 0.447. The minimum atomic E-state index is -5.39. The van der Waals surface area contributed by atoms with Crippen molar-refractivity contribution in [2.24, 2.45) is 0 Å². The third-order valence-corrected chi connectivity index (χ3v) is 0. The number of hydrogen-bond donors (Lipinski definition) is 0. The van der Waals surface area contributed by atoms with Gasteiger partial charge in [0, 0.05) is 0 Å². The van der Waals surface area contributed by atoms with Crippen LogP contribution < -0.4 is 14.7 Å². The number of hydrogen-bond acceptors (Lipinski definition) is 4. The molecule has 36 valence electrons. The SMILES string of the molecule is O=P([O-])([O-])[O-].[H-].[H-]. The van der Waals surface area contributed by atoms with Gasteiger partial charge in [0.05, 0.1) is 0 Å². The normalized spacial score (nSPS) is 11.8. The van der Waals surface area contributed by atoms with Crippen LogP contribution >= 0.6 is 7.82 Å². The van der Waals surface area contributed by atoms with Gasteiger partial charge in [-0.2, -0.15) is 7.82 Å². The molecule has 0 fully saturated rings. The van der Waals surface area contributed by atoms with Gasteiger partial charge >= 0.3 is 0 Å². The van der Waals surface area contributed by atoms with Gasteiger partial charge in [-0.05, 0) is 0 Å². The molecule has 0 aromatic heterocycles. The number of phosphoric acid groups is 1. The summed E-state index contributed by atoms with van der Waals surface area (Å²) in [6.45, 7) is 0. The molecule has 0 amide bonds. The van der Waals surface area contributed by atoms with Crippen LogP contribution in [0.1, 0.15) is 2.85 Å². The first-order valence-corrected chi connectivity index (χ1v) is 2.19. The molecule has 0 saturated heterocycles. The van der Waals surface area contributed by atoms with Crippen LogP contribution in [0.3, 0.4) is 0 Å². The Balaban J connectivity index is -0.0000000800. The summed E-state index contributed by atoms with van der Waals surface area (Å²) in [5, 5.41) is 0. The van der Waals surface area contributed by atoms with Crippen LogP contribution in [0.2, 0.25) is 0 Å². The summed E-state index contributed by atoms with van der Waals surface area (Å²) in [4.78, 5) is 25.6. The van der Waals surface area contributed by atoms with Crippen molar-refractivity contribution >= 4 is 7.82 Å². The van der Waals surface area contributed by atoms with Crippen molar-refractivity contribution < 1.29 is 22.1 Å². The predicted octanol–water partition coefficient (Wildman–Crippen LogP) is -2.60. The molecule has 0 aliphatic rings. The van der Waals surface area contributed by atoms with E-state index in [-0.39, 0.29) is 2.85 Å². The summed E-state index contributed by atoms with van der Waals surface area (Å²) < 4.78 is 8.55. The average Bonchev–Trinajstić information content (AvgIpc) is 0.722. The second-order valence-corrected chi connectivity index (χ2v) is 1.34. The van der Waals surface area contributed by atoms with Crippen LogP contribution in [0.4, 0.5) is 0 Å². The molecule has 4 nitrogen and oxygen atoms in total. The Labute approximate surface area is 31.3 Å². The third-order valence-electron chi connectivity index (χ3n) is 0. The lowest BCUT2D eigenvalue weighted by Gasteiger charge is -2.36. The lowest BCUT2D eigenvalue weighted by molar-refractivity contribution is -0.432. The van der Waals surface area contributed by atoms with Crippen LogP contribution in [0, 0.1) is 0 Å². The molecular weight excluding hydrogens is 95.0 g/mol. The molecule has 0 aliphatic heterocycles. The summed E-state index contributed by atoms with van der Waals surface area (Å²) in [5.74, 6) is 0.